The maximum atomic E-state index is 13.7. The van der Waals surface area contributed by atoms with Gasteiger partial charge in [-0.05, 0) is 36.4 Å². The molecule has 1 saturated heterocycles. The Bertz CT molecular complexity index is 1530. The first-order chi connectivity index (χ1) is 21.0. The second kappa shape index (κ2) is 14.1. The monoisotopic (exact) mass is 617 g/mol. The average Bonchev–Trinajstić information content (AvgIpc) is 3.01. The molecule has 4 rings (SSSR count). The molecule has 3 N–H and O–H groups in total. The highest BCUT2D eigenvalue weighted by Gasteiger charge is 2.34. The Kier molecular flexibility index (Phi) is 10.3. The Labute approximate surface area is 251 Å². The number of nitrogens with one attached hydrogen (secondary N) is 3. The number of hydrogen-bond acceptors (Lipinski definition) is 8. The van der Waals surface area contributed by atoms with Crippen LogP contribution in [0.2, 0.25) is 0 Å². The number of carbonyl (C=O) groups excluding carboxylic acids is 2. The summed E-state index contributed by atoms with van der Waals surface area (Å²) in [6.07, 6.45) is -2.93. The smallest absolute Gasteiger partial charge is 0.419 e. The number of alkyl halides is 3. The summed E-state index contributed by atoms with van der Waals surface area (Å²) < 4.78 is 69.3. The number of hydrogen-bond donors (Lipinski definition) is 3. The number of nitrogens with zero attached hydrogens (tertiary/aromatic N) is 2. The Balaban J connectivity index is 1.56. The van der Waals surface area contributed by atoms with Crippen molar-refractivity contribution in [1.29, 1.82) is 0 Å². The van der Waals surface area contributed by atoms with Gasteiger partial charge in [-0.2, -0.15) is 13.2 Å². The first kappa shape index (κ1) is 32.1. The quantitative estimate of drug-likeness (QED) is 0.245. The van der Waals surface area contributed by atoms with Crippen LogP contribution in [0.3, 0.4) is 0 Å². The molecule has 14 heteroatoms. The Morgan fingerprint density at radius 3 is 2.45 bits per heavy atom. The van der Waals surface area contributed by atoms with Gasteiger partial charge in [0, 0.05) is 49.7 Å². The first-order valence-electron chi connectivity index (χ1n) is 13.5. The second-order valence-electron chi connectivity index (χ2n) is 9.59. The van der Waals surface area contributed by atoms with Crippen molar-refractivity contribution in [2.24, 2.45) is 0 Å². The number of amides is 2. The predicted molar refractivity (Wildman–Crippen MR) is 156 cm³/mol. The second-order valence-corrected chi connectivity index (χ2v) is 9.59. The van der Waals surface area contributed by atoms with Crippen molar-refractivity contribution in [1.82, 2.24) is 9.88 Å². The van der Waals surface area contributed by atoms with Crippen molar-refractivity contribution in [3.63, 3.8) is 0 Å². The van der Waals surface area contributed by atoms with Gasteiger partial charge in [-0.3, -0.25) is 9.59 Å². The van der Waals surface area contributed by atoms with Crippen LogP contribution in [0.5, 0.6) is 11.5 Å². The lowest BCUT2D eigenvalue weighted by Crippen LogP contribution is -2.35. The van der Waals surface area contributed by atoms with E-state index in [1.807, 2.05) is 0 Å². The molecule has 1 aliphatic rings. The van der Waals surface area contributed by atoms with E-state index in [0.717, 1.165) is 24.9 Å². The number of methoxy groups -OCH3 is 2. The van der Waals surface area contributed by atoms with E-state index < -0.39 is 29.4 Å². The molecule has 2 heterocycles. The van der Waals surface area contributed by atoms with E-state index in [1.54, 1.807) is 0 Å². The summed E-state index contributed by atoms with van der Waals surface area (Å²) in [5.41, 5.74) is -0.981. The number of benzene rings is 2. The molecular weight excluding hydrogens is 586 g/mol. The van der Waals surface area contributed by atoms with Crippen molar-refractivity contribution in [2.45, 2.75) is 12.6 Å². The largest absolute Gasteiger partial charge is 0.497 e. The SMILES string of the molecule is C=C(CCNc1nccc(OC)c1C(=O)Nc1cc(OC)ccc1C(=O)Nc1ccc(F)c(C(F)(F)F)c1)N1CCOCC1. The summed E-state index contributed by atoms with van der Waals surface area (Å²) in [5, 5.41) is 8.12. The maximum absolute atomic E-state index is 13.7. The molecule has 0 spiro atoms. The molecule has 234 valence electrons. The van der Waals surface area contributed by atoms with Gasteiger partial charge in [0.1, 0.15) is 28.7 Å². The van der Waals surface area contributed by atoms with Crippen LogP contribution >= 0.6 is 0 Å². The van der Waals surface area contributed by atoms with Gasteiger partial charge in [-0.25, -0.2) is 9.37 Å². The van der Waals surface area contributed by atoms with Gasteiger partial charge in [0.2, 0.25) is 0 Å². The fourth-order valence-corrected chi connectivity index (χ4v) is 4.49. The van der Waals surface area contributed by atoms with Crippen molar-refractivity contribution in [3.05, 3.63) is 83.4 Å². The number of anilines is 3. The number of rotatable bonds is 11. The summed E-state index contributed by atoms with van der Waals surface area (Å²) in [4.78, 5) is 33.2. The molecule has 2 amide bonds. The summed E-state index contributed by atoms with van der Waals surface area (Å²) in [6.45, 7) is 7.26. The molecule has 44 heavy (non-hydrogen) atoms. The van der Waals surface area contributed by atoms with Crippen LogP contribution in [0.25, 0.3) is 0 Å². The third-order valence-electron chi connectivity index (χ3n) is 6.77. The molecule has 0 aliphatic carbocycles. The Hall–Kier alpha value is -4.85. The van der Waals surface area contributed by atoms with Gasteiger partial charge in [0.15, 0.2) is 0 Å². The van der Waals surface area contributed by atoms with Gasteiger partial charge in [-0.15, -0.1) is 0 Å². The molecule has 0 atom stereocenters. The summed E-state index contributed by atoms with van der Waals surface area (Å²) in [7, 11) is 2.77. The van der Waals surface area contributed by atoms with E-state index in [2.05, 4.69) is 32.4 Å². The number of carbonyl (C=O) groups is 2. The lowest BCUT2D eigenvalue weighted by molar-refractivity contribution is -0.139. The van der Waals surface area contributed by atoms with Gasteiger partial charge in [0.05, 0.1) is 44.2 Å². The number of halogens is 4. The third-order valence-corrected chi connectivity index (χ3v) is 6.77. The van der Waals surface area contributed by atoms with Crippen LogP contribution in [-0.2, 0) is 10.9 Å². The summed E-state index contributed by atoms with van der Waals surface area (Å²) in [6, 6.07) is 7.73. The fraction of sp³-hybridized carbons (Fsp3) is 0.300. The maximum Gasteiger partial charge on any atom is 0.419 e. The highest BCUT2D eigenvalue weighted by Crippen LogP contribution is 2.34. The van der Waals surface area contributed by atoms with Crippen molar-refractivity contribution >= 4 is 29.0 Å². The van der Waals surface area contributed by atoms with E-state index in [9.17, 15) is 27.2 Å². The zero-order chi connectivity index (χ0) is 31.9. The zero-order valence-electron chi connectivity index (χ0n) is 24.0. The summed E-state index contributed by atoms with van der Waals surface area (Å²) >= 11 is 0. The molecule has 3 aromatic rings. The molecule has 0 bridgehead atoms. The zero-order valence-corrected chi connectivity index (χ0v) is 24.0. The minimum atomic E-state index is -4.96. The van der Waals surface area contributed by atoms with Crippen LogP contribution in [0.4, 0.5) is 34.8 Å². The van der Waals surface area contributed by atoms with Crippen molar-refractivity contribution in [2.75, 3.05) is 63.0 Å². The van der Waals surface area contributed by atoms with E-state index in [0.29, 0.717) is 38.3 Å². The van der Waals surface area contributed by atoms with Crippen molar-refractivity contribution in [3.8, 4) is 11.5 Å². The van der Waals surface area contributed by atoms with Gasteiger partial charge < -0.3 is 35.1 Å². The van der Waals surface area contributed by atoms with E-state index >= 15 is 0 Å². The highest BCUT2D eigenvalue weighted by atomic mass is 19.4. The molecule has 0 radical (unpaired) electrons. The van der Waals surface area contributed by atoms with Gasteiger partial charge in [0.25, 0.3) is 11.8 Å². The standard InChI is InChI=1S/C30H31F4N5O5/c1-18(39-12-14-44-15-13-39)8-10-35-27-26(25(43-3)9-11-36-27)29(41)38-24-17-20(42-2)5-6-21(24)28(40)37-19-4-7-23(31)22(16-19)30(32,33)34/h4-7,9,11,16-17H,1,8,10,12-15H2,2-3H3,(H,35,36)(H,37,40)(H,38,41). The number of aromatic nitrogens is 1. The number of pyridine rings is 1. The normalized spacial score (nSPS) is 13.2. The third kappa shape index (κ3) is 7.75. The van der Waals surface area contributed by atoms with Crippen LogP contribution in [-0.4, -0.2) is 68.8 Å². The van der Waals surface area contributed by atoms with E-state index in [4.69, 9.17) is 14.2 Å². The predicted octanol–water partition coefficient (Wildman–Crippen LogP) is 5.41. The minimum absolute atomic E-state index is 0.0115. The molecule has 0 unspecified atom stereocenters. The van der Waals surface area contributed by atoms with Gasteiger partial charge in [-0.1, -0.05) is 6.58 Å². The fourth-order valence-electron chi connectivity index (χ4n) is 4.49. The highest BCUT2D eigenvalue weighted by molar-refractivity contribution is 6.14. The minimum Gasteiger partial charge on any atom is -0.497 e. The first-order valence-corrected chi connectivity index (χ1v) is 13.5. The topological polar surface area (TPSA) is 114 Å². The summed E-state index contributed by atoms with van der Waals surface area (Å²) in [5.74, 6) is -2.32. The number of morpholine rings is 1. The van der Waals surface area contributed by atoms with Crippen LogP contribution in [0.1, 0.15) is 32.7 Å². The van der Waals surface area contributed by atoms with Crippen LogP contribution in [0.15, 0.2) is 60.9 Å². The molecule has 1 aromatic heterocycles. The van der Waals surface area contributed by atoms with E-state index in [1.165, 1.54) is 44.7 Å². The lowest BCUT2D eigenvalue weighted by atomic mass is 10.1. The molecule has 2 aromatic carbocycles. The Morgan fingerprint density at radius 1 is 1.02 bits per heavy atom. The average molecular weight is 618 g/mol. The molecule has 0 saturated carbocycles. The molecule has 1 aliphatic heterocycles. The number of ether oxygens (including phenoxy) is 3. The van der Waals surface area contributed by atoms with E-state index in [-0.39, 0.29) is 39.8 Å². The van der Waals surface area contributed by atoms with Crippen LogP contribution in [0, 0.1) is 5.82 Å². The van der Waals surface area contributed by atoms with Gasteiger partial charge >= 0.3 is 6.18 Å². The molecule has 1 fully saturated rings. The Morgan fingerprint density at radius 2 is 1.77 bits per heavy atom. The molecular formula is C30H31F4N5O5. The lowest BCUT2D eigenvalue weighted by Gasteiger charge is -2.30. The molecule has 10 nitrogen and oxygen atoms in total. The van der Waals surface area contributed by atoms with Crippen LogP contribution < -0.4 is 25.4 Å². The van der Waals surface area contributed by atoms with Crippen molar-refractivity contribution < 1.29 is 41.4 Å².